The lowest BCUT2D eigenvalue weighted by atomic mass is 10.3. The molecule has 0 aliphatic heterocycles. The summed E-state index contributed by atoms with van der Waals surface area (Å²) in [5.41, 5.74) is 0. The van der Waals surface area contributed by atoms with E-state index in [1.165, 1.54) is 0 Å². The molecule has 0 saturated heterocycles. The van der Waals surface area contributed by atoms with Crippen LogP contribution in [0.4, 0.5) is 0 Å². The SMILES string of the molecule is CCNC(=NCc1ccco1)NCCCC(=O)OCC. The van der Waals surface area contributed by atoms with Crippen molar-refractivity contribution in [3.63, 3.8) is 0 Å². The number of nitrogens with one attached hydrogen (secondary N) is 2. The van der Waals surface area contributed by atoms with Gasteiger partial charge in [-0.25, -0.2) is 4.99 Å². The summed E-state index contributed by atoms with van der Waals surface area (Å²) in [6.45, 7) is 6.17. The van der Waals surface area contributed by atoms with Crippen LogP contribution < -0.4 is 10.6 Å². The van der Waals surface area contributed by atoms with E-state index in [0.29, 0.717) is 38.5 Å². The Morgan fingerprint density at radius 1 is 1.40 bits per heavy atom. The first kappa shape index (κ1) is 16.1. The molecule has 6 nitrogen and oxygen atoms in total. The molecule has 0 amide bonds. The lowest BCUT2D eigenvalue weighted by Crippen LogP contribution is -2.37. The van der Waals surface area contributed by atoms with Crippen molar-refractivity contribution in [2.24, 2.45) is 4.99 Å². The molecule has 1 aromatic heterocycles. The molecule has 1 rings (SSSR count). The van der Waals surface area contributed by atoms with Gasteiger partial charge in [-0.15, -0.1) is 0 Å². The fraction of sp³-hybridized carbons (Fsp3) is 0.571. The molecule has 6 heteroatoms. The average Bonchev–Trinajstić information content (AvgIpc) is 2.94. The van der Waals surface area contributed by atoms with Crippen molar-refractivity contribution in [1.82, 2.24) is 10.6 Å². The van der Waals surface area contributed by atoms with Crippen LogP contribution in [0.25, 0.3) is 0 Å². The Balaban J connectivity index is 2.28. The molecule has 0 bridgehead atoms. The summed E-state index contributed by atoms with van der Waals surface area (Å²) in [5, 5.41) is 6.31. The molecular weight excluding hydrogens is 258 g/mol. The Morgan fingerprint density at radius 3 is 2.90 bits per heavy atom. The minimum Gasteiger partial charge on any atom is -0.467 e. The van der Waals surface area contributed by atoms with Crippen LogP contribution in [0.3, 0.4) is 0 Å². The summed E-state index contributed by atoms with van der Waals surface area (Å²) in [4.78, 5) is 15.6. The number of furan rings is 1. The van der Waals surface area contributed by atoms with Gasteiger partial charge in [-0.05, 0) is 32.4 Å². The maximum Gasteiger partial charge on any atom is 0.305 e. The molecule has 0 spiro atoms. The summed E-state index contributed by atoms with van der Waals surface area (Å²) in [5.74, 6) is 1.37. The van der Waals surface area contributed by atoms with E-state index in [1.807, 2.05) is 19.1 Å². The highest BCUT2D eigenvalue weighted by molar-refractivity contribution is 5.79. The van der Waals surface area contributed by atoms with Crippen LogP contribution >= 0.6 is 0 Å². The molecular formula is C14H23N3O3. The van der Waals surface area contributed by atoms with Crippen molar-refractivity contribution in [1.29, 1.82) is 0 Å². The highest BCUT2D eigenvalue weighted by Gasteiger charge is 2.02. The zero-order valence-electron chi connectivity index (χ0n) is 12.1. The molecule has 20 heavy (non-hydrogen) atoms. The normalized spacial score (nSPS) is 11.2. The van der Waals surface area contributed by atoms with Gasteiger partial charge in [0.25, 0.3) is 0 Å². The number of ether oxygens (including phenoxy) is 1. The van der Waals surface area contributed by atoms with Crippen LogP contribution in [0.1, 0.15) is 32.4 Å². The largest absolute Gasteiger partial charge is 0.467 e. The minimum atomic E-state index is -0.160. The van der Waals surface area contributed by atoms with Gasteiger partial charge in [0.2, 0.25) is 0 Å². The molecule has 2 N–H and O–H groups in total. The van der Waals surface area contributed by atoms with Crippen molar-refractivity contribution in [2.45, 2.75) is 33.2 Å². The van der Waals surface area contributed by atoms with Gasteiger partial charge in [0, 0.05) is 19.5 Å². The number of carbonyl (C=O) groups excluding carboxylic acids is 1. The highest BCUT2D eigenvalue weighted by atomic mass is 16.5. The molecule has 0 atom stereocenters. The van der Waals surface area contributed by atoms with Gasteiger partial charge >= 0.3 is 5.97 Å². The average molecular weight is 281 g/mol. The van der Waals surface area contributed by atoms with Gasteiger partial charge in [-0.1, -0.05) is 0 Å². The molecule has 1 aromatic rings. The van der Waals surface area contributed by atoms with Gasteiger partial charge in [0.1, 0.15) is 12.3 Å². The Labute approximate surface area is 119 Å². The van der Waals surface area contributed by atoms with Crippen LogP contribution in [0.2, 0.25) is 0 Å². The standard InChI is InChI=1S/C14H23N3O3/c1-3-15-14(17-11-12-7-6-10-20-12)16-9-5-8-13(18)19-4-2/h6-7,10H,3-5,8-9,11H2,1-2H3,(H2,15,16,17). The van der Waals surface area contributed by atoms with E-state index in [1.54, 1.807) is 13.2 Å². The van der Waals surface area contributed by atoms with E-state index in [-0.39, 0.29) is 5.97 Å². The summed E-state index contributed by atoms with van der Waals surface area (Å²) in [7, 11) is 0. The van der Waals surface area contributed by atoms with Crippen molar-refractivity contribution >= 4 is 11.9 Å². The lowest BCUT2D eigenvalue weighted by molar-refractivity contribution is -0.143. The van der Waals surface area contributed by atoms with Crippen LogP contribution in [-0.4, -0.2) is 31.6 Å². The van der Waals surface area contributed by atoms with Crippen molar-refractivity contribution < 1.29 is 13.9 Å². The van der Waals surface area contributed by atoms with Crippen molar-refractivity contribution in [3.8, 4) is 0 Å². The molecule has 0 fully saturated rings. The molecule has 0 radical (unpaired) electrons. The quantitative estimate of drug-likeness (QED) is 0.328. The van der Waals surface area contributed by atoms with Gasteiger partial charge in [-0.2, -0.15) is 0 Å². The van der Waals surface area contributed by atoms with Crippen LogP contribution in [-0.2, 0) is 16.1 Å². The van der Waals surface area contributed by atoms with E-state index in [4.69, 9.17) is 9.15 Å². The molecule has 1 heterocycles. The fourth-order valence-electron chi connectivity index (χ4n) is 1.57. The smallest absolute Gasteiger partial charge is 0.305 e. The van der Waals surface area contributed by atoms with E-state index in [0.717, 1.165) is 12.3 Å². The summed E-state index contributed by atoms with van der Waals surface area (Å²) < 4.78 is 10.1. The minimum absolute atomic E-state index is 0.160. The third-order valence-electron chi connectivity index (χ3n) is 2.47. The number of aliphatic imine (C=N–C) groups is 1. The number of rotatable bonds is 8. The second-order valence-electron chi connectivity index (χ2n) is 4.11. The van der Waals surface area contributed by atoms with Gasteiger partial charge < -0.3 is 19.8 Å². The molecule has 0 unspecified atom stereocenters. The maximum absolute atomic E-state index is 11.2. The first-order valence-corrected chi connectivity index (χ1v) is 6.96. The number of carbonyl (C=O) groups is 1. The summed E-state index contributed by atoms with van der Waals surface area (Å²) in [6.07, 6.45) is 2.76. The zero-order valence-corrected chi connectivity index (χ0v) is 12.1. The van der Waals surface area contributed by atoms with Gasteiger partial charge in [-0.3, -0.25) is 4.79 Å². The topological polar surface area (TPSA) is 75.9 Å². The monoisotopic (exact) mass is 281 g/mol. The van der Waals surface area contributed by atoms with Crippen LogP contribution in [0.5, 0.6) is 0 Å². The third kappa shape index (κ3) is 6.82. The van der Waals surface area contributed by atoms with E-state index in [9.17, 15) is 4.79 Å². The molecule has 0 aliphatic rings. The summed E-state index contributed by atoms with van der Waals surface area (Å²) >= 11 is 0. The van der Waals surface area contributed by atoms with Crippen molar-refractivity contribution in [2.75, 3.05) is 19.7 Å². The fourth-order valence-corrected chi connectivity index (χ4v) is 1.57. The highest BCUT2D eigenvalue weighted by Crippen LogP contribution is 2.01. The third-order valence-corrected chi connectivity index (χ3v) is 2.47. The number of esters is 1. The van der Waals surface area contributed by atoms with E-state index in [2.05, 4.69) is 15.6 Å². The maximum atomic E-state index is 11.2. The molecule has 0 aromatic carbocycles. The Kier molecular flexibility index (Phi) is 7.95. The van der Waals surface area contributed by atoms with E-state index >= 15 is 0 Å². The van der Waals surface area contributed by atoms with Crippen molar-refractivity contribution in [3.05, 3.63) is 24.2 Å². The first-order chi connectivity index (χ1) is 9.76. The second kappa shape index (κ2) is 9.89. The number of nitrogens with zero attached hydrogens (tertiary/aromatic N) is 1. The molecule has 0 aliphatic carbocycles. The lowest BCUT2D eigenvalue weighted by Gasteiger charge is -2.10. The summed E-state index contributed by atoms with van der Waals surface area (Å²) in [6, 6.07) is 3.72. The number of hydrogen-bond donors (Lipinski definition) is 2. The second-order valence-corrected chi connectivity index (χ2v) is 4.11. The molecule has 0 saturated carbocycles. The Hall–Kier alpha value is -1.98. The van der Waals surface area contributed by atoms with Crippen LogP contribution in [0.15, 0.2) is 27.8 Å². The Morgan fingerprint density at radius 2 is 2.25 bits per heavy atom. The first-order valence-electron chi connectivity index (χ1n) is 6.96. The predicted octanol–water partition coefficient (Wildman–Crippen LogP) is 1.68. The van der Waals surface area contributed by atoms with E-state index < -0.39 is 0 Å². The number of hydrogen-bond acceptors (Lipinski definition) is 4. The van der Waals surface area contributed by atoms with Gasteiger partial charge in [0.15, 0.2) is 5.96 Å². The Bertz CT molecular complexity index is 402. The zero-order chi connectivity index (χ0) is 14.6. The number of guanidine groups is 1. The van der Waals surface area contributed by atoms with Crippen LogP contribution in [0, 0.1) is 0 Å². The molecule has 112 valence electrons. The van der Waals surface area contributed by atoms with Gasteiger partial charge in [0.05, 0.1) is 12.9 Å². The predicted molar refractivity (Wildman–Crippen MR) is 77.4 cm³/mol.